The fourth-order valence-corrected chi connectivity index (χ4v) is 3.76. The summed E-state index contributed by atoms with van der Waals surface area (Å²) in [5.41, 5.74) is 2.66. The zero-order valence-electron chi connectivity index (χ0n) is 21.1. The van der Waals surface area contributed by atoms with Crippen molar-refractivity contribution >= 4 is 11.9 Å². The van der Waals surface area contributed by atoms with Crippen LogP contribution >= 0.6 is 0 Å². The Morgan fingerprint density at radius 3 is 2.33 bits per heavy atom. The smallest absolute Gasteiger partial charge is 0.358 e. The van der Waals surface area contributed by atoms with Crippen LogP contribution in [0.5, 0.6) is 0 Å². The quantitative estimate of drug-likeness (QED) is 0.438. The standard InChI is InChI=1S/C26H40N4O3/c1-7-19(5)24-18-23(26(32)33-10-4)28-30(24)22-15-13-21(14-16-22)25(31)27-20(6)12-11-17-29(8-2)9-3/h13-16,18-20H,7-12,17H2,1-6H3,(H,27,31). The molecule has 1 heterocycles. The molecule has 33 heavy (non-hydrogen) atoms. The predicted octanol–water partition coefficient (Wildman–Crippen LogP) is 4.80. The molecule has 0 bridgehead atoms. The molecule has 0 saturated heterocycles. The summed E-state index contributed by atoms with van der Waals surface area (Å²) in [6.45, 7) is 15.8. The number of amides is 1. The Balaban J connectivity index is 2.08. The molecule has 2 aromatic rings. The van der Waals surface area contributed by atoms with E-state index in [2.05, 4.69) is 43.0 Å². The van der Waals surface area contributed by atoms with Crippen molar-refractivity contribution < 1.29 is 14.3 Å². The van der Waals surface area contributed by atoms with Gasteiger partial charge in [0.05, 0.1) is 12.3 Å². The van der Waals surface area contributed by atoms with E-state index in [1.807, 2.05) is 19.1 Å². The Kier molecular flexibility index (Phi) is 10.6. The maximum Gasteiger partial charge on any atom is 0.358 e. The molecule has 7 nitrogen and oxygen atoms in total. The highest BCUT2D eigenvalue weighted by molar-refractivity contribution is 5.94. The second-order valence-corrected chi connectivity index (χ2v) is 8.49. The van der Waals surface area contributed by atoms with Crippen molar-refractivity contribution in [1.82, 2.24) is 20.0 Å². The van der Waals surface area contributed by atoms with E-state index in [4.69, 9.17) is 4.74 Å². The topological polar surface area (TPSA) is 76.5 Å². The molecular formula is C26H40N4O3. The summed E-state index contributed by atoms with van der Waals surface area (Å²) in [5, 5.41) is 7.59. The zero-order chi connectivity index (χ0) is 24.4. The minimum absolute atomic E-state index is 0.0771. The monoisotopic (exact) mass is 456 g/mol. The van der Waals surface area contributed by atoms with Crippen LogP contribution in [0.25, 0.3) is 5.69 Å². The number of hydrogen-bond donors (Lipinski definition) is 1. The predicted molar refractivity (Wildman–Crippen MR) is 132 cm³/mol. The molecule has 0 fully saturated rings. The van der Waals surface area contributed by atoms with Crippen molar-refractivity contribution in [2.45, 2.75) is 72.8 Å². The van der Waals surface area contributed by atoms with Crippen LogP contribution in [-0.2, 0) is 4.74 Å². The van der Waals surface area contributed by atoms with E-state index in [1.54, 1.807) is 29.8 Å². The van der Waals surface area contributed by atoms with Crippen molar-refractivity contribution in [3.8, 4) is 5.69 Å². The van der Waals surface area contributed by atoms with Gasteiger partial charge < -0.3 is 15.0 Å². The number of aromatic nitrogens is 2. The van der Waals surface area contributed by atoms with Crippen molar-refractivity contribution in [2.24, 2.45) is 0 Å². The molecule has 2 rings (SSSR count). The number of esters is 1. The van der Waals surface area contributed by atoms with Gasteiger partial charge >= 0.3 is 5.97 Å². The molecule has 1 N–H and O–H groups in total. The highest BCUT2D eigenvalue weighted by Gasteiger charge is 2.20. The maximum absolute atomic E-state index is 12.7. The van der Waals surface area contributed by atoms with Gasteiger partial charge in [0, 0.05) is 17.3 Å². The van der Waals surface area contributed by atoms with E-state index in [-0.39, 0.29) is 17.9 Å². The lowest BCUT2D eigenvalue weighted by Gasteiger charge is -2.20. The van der Waals surface area contributed by atoms with Crippen molar-refractivity contribution in [3.05, 3.63) is 47.3 Å². The lowest BCUT2D eigenvalue weighted by atomic mass is 10.0. The van der Waals surface area contributed by atoms with Gasteiger partial charge in [0.2, 0.25) is 0 Å². The summed E-state index contributed by atoms with van der Waals surface area (Å²) in [7, 11) is 0. The van der Waals surface area contributed by atoms with E-state index in [0.29, 0.717) is 17.9 Å². The third-order valence-corrected chi connectivity index (χ3v) is 6.10. The van der Waals surface area contributed by atoms with Crippen LogP contribution in [0.15, 0.2) is 30.3 Å². The van der Waals surface area contributed by atoms with Crippen LogP contribution in [0.4, 0.5) is 0 Å². The third-order valence-electron chi connectivity index (χ3n) is 6.10. The normalized spacial score (nSPS) is 13.1. The van der Waals surface area contributed by atoms with Crippen LogP contribution in [0.3, 0.4) is 0 Å². The molecule has 2 unspecified atom stereocenters. The number of rotatable bonds is 13. The molecule has 2 atom stereocenters. The summed E-state index contributed by atoms with van der Waals surface area (Å²) in [6.07, 6.45) is 2.92. The molecule has 0 aliphatic rings. The molecule has 1 amide bonds. The minimum Gasteiger partial charge on any atom is -0.461 e. The van der Waals surface area contributed by atoms with Gasteiger partial charge in [-0.2, -0.15) is 5.10 Å². The van der Waals surface area contributed by atoms with E-state index < -0.39 is 5.97 Å². The van der Waals surface area contributed by atoms with E-state index in [9.17, 15) is 9.59 Å². The largest absolute Gasteiger partial charge is 0.461 e. The number of nitrogens with zero attached hydrogens (tertiary/aromatic N) is 3. The Labute approximate surface area is 198 Å². The van der Waals surface area contributed by atoms with E-state index in [0.717, 1.165) is 50.3 Å². The molecule has 0 aliphatic heterocycles. The number of carbonyl (C=O) groups excluding carboxylic acids is 2. The fraction of sp³-hybridized carbons (Fsp3) is 0.577. The highest BCUT2D eigenvalue weighted by Crippen LogP contribution is 2.24. The van der Waals surface area contributed by atoms with E-state index >= 15 is 0 Å². The SMILES string of the molecule is CCOC(=O)c1cc(C(C)CC)n(-c2ccc(C(=O)NC(C)CCCN(CC)CC)cc2)n1. The van der Waals surface area contributed by atoms with Gasteiger partial charge in [-0.1, -0.05) is 27.7 Å². The summed E-state index contributed by atoms with van der Waals surface area (Å²) >= 11 is 0. The van der Waals surface area contributed by atoms with Gasteiger partial charge in [-0.3, -0.25) is 4.79 Å². The zero-order valence-corrected chi connectivity index (χ0v) is 21.1. The van der Waals surface area contributed by atoms with Gasteiger partial charge in [-0.25, -0.2) is 9.48 Å². The summed E-state index contributed by atoms with van der Waals surface area (Å²) in [5.74, 6) is -0.278. The van der Waals surface area contributed by atoms with Gasteiger partial charge in [-0.15, -0.1) is 0 Å². The Bertz CT molecular complexity index is 887. The number of hydrogen-bond acceptors (Lipinski definition) is 5. The Hall–Kier alpha value is -2.67. The molecule has 0 spiro atoms. The number of benzene rings is 1. The van der Waals surface area contributed by atoms with Gasteiger partial charge in [0.25, 0.3) is 5.91 Å². The number of ether oxygens (including phenoxy) is 1. The van der Waals surface area contributed by atoms with Crippen LogP contribution in [0, 0.1) is 0 Å². The maximum atomic E-state index is 12.7. The van der Waals surface area contributed by atoms with Gasteiger partial charge in [0.1, 0.15) is 0 Å². The van der Waals surface area contributed by atoms with E-state index in [1.165, 1.54) is 0 Å². The minimum atomic E-state index is -0.424. The first-order valence-electron chi connectivity index (χ1n) is 12.2. The van der Waals surface area contributed by atoms with Crippen molar-refractivity contribution in [2.75, 3.05) is 26.2 Å². The summed E-state index contributed by atoms with van der Waals surface area (Å²) in [6, 6.07) is 9.26. The van der Waals surface area contributed by atoms with Crippen molar-refractivity contribution in [3.63, 3.8) is 0 Å². The van der Waals surface area contributed by atoms with Crippen LogP contribution in [-0.4, -0.2) is 58.8 Å². The molecule has 7 heteroatoms. The molecule has 1 aromatic carbocycles. The second-order valence-electron chi connectivity index (χ2n) is 8.49. The molecule has 0 radical (unpaired) electrons. The number of carbonyl (C=O) groups is 2. The lowest BCUT2D eigenvalue weighted by Crippen LogP contribution is -2.33. The van der Waals surface area contributed by atoms with Crippen LogP contribution in [0.2, 0.25) is 0 Å². The van der Waals surface area contributed by atoms with Crippen LogP contribution < -0.4 is 5.32 Å². The molecular weight excluding hydrogens is 416 g/mol. The summed E-state index contributed by atoms with van der Waals surface area (Å²) < 4.78 is 6.89. The highest BCUT2D eigenvalue weighted by atomic mass is 16.5. The molecule has 182 valence electrons. The fourth-order valence-electron chi connectivity index (χ4n) is 3.76. The average Bonchev–Trinajstić information content (AvgIpc) is 3.27. The lowest BCUT2D eigenvalue weighted by molar-refractivity contribution is 0.0518. The number of nitrogens with one attached hydrogen (secondary N) is 1. The first-order chi connectivity index (χ1) is 15.8. The van der Waals surface area contributed by atoms with Crippen molar-refractivity contribution in [1.29, 1.82) is 0 Å². The first-order valence-corrected chi connectivity index (χ1v) is 12.2. The third kappa shape index (κ3) is 7.42. The van der Waals surface area contributed by atoms with Crippen LogP contribution in [0.1, 0.15) is 93.3 Å². The average molecular weight is 457 g/mol. The van der Waals surface area contributed by atoms with Gasteiger partial charge in [0.15, 0.2) is 5.69 Å². The Morgan fingerprint density at radius 2 is 1.76 bits per heavy atom. The Morgan fingerprint density at radius 1 is 1.09 bits per heavy atom. The van der Waals surface area contributed by atoms with Gasteiger partial charge in [-0.05, 0) is 89.0 Å². The molecule has 1 aromatic heterocycles. The molecule has 0 aliphatic carbocycles. The first kappa shape index (κ1) is 26.6. The second kappa shape index (κ2) is 13.1. The molecule has 0 saturated carbocycles. The summed E-state index contributed by atoms with van der Waals surface area (Å²) in [4.78, 5) is 27.3.